The van der Waals surface area contributed by atoms with E-state index in [0.717, 1.165) is 0 Å². The van der Waals surface area contributed by atoms with Gasteiger partial charge in [0.2, 0.25) is 11.8 Å². The van der Waals surface area contributed by atoms with E-state index in [1.165, 1.54) is 26.0 Å². The van der Waals surface area contributed by atoms with Gasteiger partial charge < -0.3 is 15.7 Å². The molecule has 0 aliphatic rings. The molecule has 7 heteroatoms. The first-order valence-electron chi connectivity index (χ1n) is 7.21. The molecule has 128 valence electrons. The fraction of sp³-hybridized carbons (Fsp3) is 0.111. The maximum atomic E-state index is 11.3. The van der Waals surface area contributed by atoms with Crippen molar-refractivity contribution in [3.63, 3.8) is 0 Å². The summed E-state index contributed by atoms with van der Waals surface area (Å²) < 4.78 is 0. The summed E-state index contributed by atoms with van der Waals surface area (Å²) in [6, 6.07) is 6.60. The van der Waals surface area contributed by atoms with Crippen LogP contribution in [-0.4, -0.2) is 22.9 Å². The summed E-state index contributed by atoms with van der Waals surface area (Å²) in [5.41, 5.74) is 1.38. The van der Waals surface area contributed by atoms with Crippen LogP contribution < -0.4 is 10.6 Å². The maximum absolute atomic E-state index is 11.3. The van der Waals surface area contributed by atoms with Crippen LogP contribution in [0.2, 0.25) is 0 Å². The van der Waals surface area contributed by atoms with Gasteiger partial charge in [0, 0.05) is 19.5 Å². The van der Waals surface area contributed by atoms with Gasteiger partial charge in [0.15, 0.2) is 0 Å². The van der Waals surface area contributed by atoms with Gasteiger partial charge in [-0.05, 0) is 23.8 Å². The van der Waals surface area contributed by atoms with E-state index in [0.29, 0.717) is 16.9 Å². The van der Waals surface area contributed by atoms with Crippen LogP contribution >= 0.6 is 0 Å². The van der Waals surface area contributed by atoms with E-state index < -0.39 is 5.97 Å². The number of carbonyl (C=O) groups is 3. The molecule has 3 N–H and O–H groups in total. The number of rotatable bonds is 6. The number of carboxylic acid groups (broad SMARTS) is 1. The molecule has 1 aromatic carbocycles. The molecule has 0 aliphatic heterocycles. The number of hydrogen-bond donors (Lipinski definition) is 3. The Hall–Kier alpha value is -3.66. The van der Waals surface area contributed by atoms with E-state index in [1.807, 2.05) is 0 Å². The van der Waals surface area contributed by atoms with Crippen LogP contribution in [0.1, 0.15) is 19.4 Å². The molecule has 0 radical (unpaired) electrons. The number of hydrogen-bond acceptors (Lipinski definition) is 4. The van der Waals surface area contributed by atoms with Gasteiger partial charge in [0.25, 0.3) is 0 Å². The fourth-order valence-corrected chi connectivity index (χ4v) is 1.81. The van der Waals surface area contributed by atoms with E-state index in [9.17, 15) is 14.4 Å². The SMILES string of the molecule is CC(=O)Nc1ccc(C=CC=CC=C(C#N)C(=O)O)c(NC(C)=O)c1. The molecule has 2 amide bonds. The molecule has 1 rings (SSSR count). The summed E-state index contributed by atoms with van der Waals surface area (Å²) in [4.78, 5) is 33.1. The van der Waals surface area contributed by atoms with E-state index in [1.54, 1.807) is 42.5 Å². The molecular formula is C18H17N3O4. The Bertz CT molecular complexity index is 814. The van der Waals surface area contributed by atoms with Crippen molar-refractivity contribution in [1.29, 1.82) is 5.26 Å². The Balaban J connectivity index is 2.99. The van der Waals surface area contributed by atoms with E-state index in [2.05, 4.69) is 10.6 Å². The zero-order valence-corrected chi connectivity index (χ0v) is 13.7. The Kier molecular flexibility index (Phi) is 7.35. The lowest BCUT2D eigenvalue weighted by Crippen LogP contribution is -2.09. The third kappa shape index (κ3) is 6.97. The summed E-state index contributed by atoms with van der Waals surface area (Å²) in [6.07, 6.45) is 7.49. The van der Waals surface area contributed by atoms with Crippen LogP contribution in [0.3, 0.4) is 0 Å². The first kappa shape index (κ1) is 19.4. The highest BCUT2D eigenvalue weighted by molar-refractivity contribution is 5.94. The quantitative estimate of drug-likeness (QED) is 0.418. The average Bonchev–Trinajstić information content (AvgIpc) is 2.51. The van der Waals surface area contributed by atoms with Gasteiger partial charge in [0.1, 0.15) is 11.6 Å². The fourth-order valence-electron chi connectivity index (χ4n) is 1.81. The van der Waals surface area contributed by atoms with Crippen molar-refractivity contribution in [3.05, 3.63) is 53.6 Å². The molecule has 25 heavy (non-hydrogen) atoms. The van der Waals surface area contributed by atoms with E-state index in [-0.39, 0.29) is 17.4 Å². The Morgan fingerprint density at radius 2 is 1.76 bits per heavy atom. The summed E-state index contributed by atoms with van der Waals surface area (Å²) in [5.74, 6) is -1.77. The smallest absolute Gasteiger partial charge is 0.346 e. The largest absolute Gasteiger partial charge is 0.477 e. The van der Waals surface area contributed by atoms with Crippen LogP contribution in [0.15, 0.2) is 48.1 Å². The molecule has 0 aromatic heterocycles. The van der Waals surface area contributed by atoms with Crippen molar-refractivity contribution in [3.8, 4) is 6.07 Å². The van der Waals surface area contributed by atoms with Gasteiger partial charge in [0.05, 0.1) is 5.69 Å². The van der Waals surface area contributed by atoms with E-state index in [4.69, 9.17) is 10.4 Å². The predicted molar refractivity (Wildman–Crippen MR) is 94.6 cm³/mol. The van der Waals surface area contributed by atoms with Gasteiger partial charge >= 0.3 is 5.97 Å². The molecule has 0 aliphatic carbocycles. The number of carboxylic acids is 1. The summed E-state index contributed by atoms with van der Waals surface area (Å²) in [7, 11) is 0. The first-order chi connectivity index (χ1) is 11.8. The van der Waals surface area contributed by atoms with Gasteiger partial charge in [-0.1, -0.05) is 30.4 Å². The van der Waals surface area contributed by atoms with Crippen molar-refractivity contribution >= 4 is 35.2 Å². The number of nitrogens with one attached hydrogen (secondary N) is 2. The molecule has 7 nitrogen and oxygen atoms in total. The highest BCUT2D eigenvalue weighted by Crippen LogP contribution is 2.22. The third-order valence-electron chi connectivity index (χ3n) is 2.80. The monoisotopic (exact) mass is 339 g/mol. The van der Waals surface area contributed by atoms with Crippen LogP contribution in [0.4, 0.5) is 11.4 Å². The van der Waals surface area contributed by atoms with Crippen molar-refractivity contribution < 1.29 is 19.5 Å². The van der Waals surface area contributed by atoms with Crippen molar-refractivity contribution in [2.24, 2.45) is 0 Å². The average molecular weight is 339 g/mol. The van der Waals surface area contributed by atoms with E-state index >= 15 is 0 Å². The predicted octanol–water partition coefficient (Wildman–Crippen LogP) is 2.71. The number of benzene rings is 1. The van der Waals surface area contributed by atoms with Gasteiger partial charge in [-0.3, -0.25) is 9.59 Å². The minimum Gasteiger partial charge on any atom is -0.477 e. The number of nitriles is 1. The molecule has 0 atom stereocenters. The number of carbonyl (C=O) groups excluding carboxylic acids is 2. The normalized spacial score (nSPS) is 11.3. The minimum atomic E-state index is -1.29. The second kappa shape index (κ2) is 9.47. The number of allylic oxidation sites excluding steroid dienone is 4. The summed E-state index contributed by atoms with van der Waals surface area (Å²) >= 11 is 0. The highest BCUT2D eigenvalue weighted by atomic mass is 16.4. The summed E-state index contributed by atoms with van der Waals surface area (Å²) in [6.45, 7) is 2.76. The first-order valence-corrected chi connectivity index (χ1v) is 7.21. The summed E-state index contributed by atoms with van der Waals surface area (Å²) in [5, 5.41) is 22.6. The topological polar surface area (TPSA) is 119 Å². The third-order valence-corrected chi connectivity index (χ3v) is 2.80. The molecule has 0 bridgehead atoms. The lowest BCUT2D eigenvalue weighted by molar-refractivity contribution is -0.132. The number of amides is 2. The van der Waals surface area contributed by atoms with Crippen molar-refractivity contribution in [2.75, 3.05) is 10.6 Å². The van der Waals surface area contributed by atoms with Crippen molar-refractivity contribution in [2.45, 2.75) is 13.8 Å². The highest BCUT2D eigenvalue weighted by Gasteiger charge is 2.05. The zero-order chi connectivity index (χ0) is 18.8. The Labute approximate surface area is 145 Å². The molecule has 0 heterocycles. The molecular weight excluding hydrogens is 322 g/mol. The Morgan fingerprint density at radius 3 is 2.32 bits per heavy atom. The molecule has 0 fully saturated rings. The minimum absolute atomic E-state index is 0.224. The molecule has 0 saturated carbocycles. The number of nitrogens with zero attached hydrogens (tertiary/aromatic N) is 1. The Morgan fingerprint density at radius 1 is 1.08 bits per heavy atom. The molecule has 0 saturated heterocycles. The second-order valence-electron chi connectivity index (χ2n) is 4.91. The van der Waals surface area contributed by atoms with Crippen LogP contribution in [0, 0.1) is 11.3 Å². The zero-order valence-electron chi connectivity index (χ0n) is 13.7. The van der Waals surface area contributed by atoms with Crippen LogP contribution in [0.25, 0.3) is 6.08 Å². The van der Waals surface area contributed by atoms with Gasteiger partial charge in [-0.2, -0.15) is 5.26 Å². The standard InChI is InChI=1S/C18H17N3O4/c1-12(22)20-16-9-8-14(17(10-16)21-13(2)23)6-4-3-5-7-15(11-19)18(24)25/h3-10H,1-2H3,(H,20,22)(H,21,23)(H,24,25). The lowest BCUT2D eigenvalue weighted by atomic mass is 10.1. The van der Waals surface area contributed by atoms with Gasteiger partial charge in [-0.15, -0.1) is 0 Å². The molecule has 0 unspecified atom stereocenters. The molecule has 1 aromatic rings. The van der Waals surface area contributed by atoms with Crippen molar-refractivity contribution in [1.82, 2.24) is 0 Å². The molecule has 0 spiro atoms. The maximum Gasteiger partial charge on any atom is 0.346 e. The number of anilines is 2. The van der Waals surface area contributed by atoms with Crippen LogP contribution in [-0.2, 0) is 14.4 Å². The second-order valence-corrected chi connectivity index (χ2v) is 4.91. The van der Waals surface area contributed by atoms with Gasteiger partial charge in [-0.25, -0.2) is 4.79 Å². The van der Waals surface area contributed by atoms with Crippen LogP contribution in [0.5, 0.6) is 0 Å². The lowest BCUT2D eigenvalue weighted by Gasteiger charge is -2.10. The number of aliphatic carboxylic acids is 1.